The summed E-state index contributed by atoms with van der Waals surface area (Å²) in [5, 5.41) is 20.7. The maximum absolute atomic E-state index is 13.1. The minimum Gasteiger partial charge on any atom is -0.540 e. The Bertz CT molecular complexity index is 850. The second-order valence-corrected chi connectivity index (χ2v) is 14.7. The number of carbonyl (C=O) groups is 2. The van der Waals surface area contributed by atoms with Gasteiger partial charge in [-0.15, -0.1) is 0 Å². The van der Waals surface area contributed by atoms with Crippen LogP contribution in [0.4, 0.5) is 10.5 Å². The number of carboxylic acid groups (broad SMARTS) is 1. The molecule has 2 amide bonds. The lowest BCUT2D eigenvalue weighted by atomic mass is 10.0. The van der Waals surface area contributed by atoms with E-state index in [1.54, 1.807) is 12.1 Å². The van der Waals surface area contributed by atoms with Crippen molar-refractivity contribution >= 4 is 26.0 Å². The van der Waals surface area contributed by atoms with Gasteiger partial charge in [-0.3, -0.25) is 4.79 Å². The molecule has 0 spiro atoms. The lowest BCUT2D eigenvalue weighted by molar-refractivity contribution is -0.00238. The van der Waals surface area contributed by atoms with Crippen molar-refractivity contribution in [3.05, 3.63) is 17.7 Å². The van der Waals surface area contributed by atoms with E-state index in [-0.39, 0.29) is 17.2 Å². The molecule has 172 valence electrons. The molecule has 0 radical (unpaired) electrons. The first-order chi connectivity index (χ1) is 14.5. The molecule has 2 aliphatic heterocycles. The first kappa shape index (κ1) is 23.4. The maximum Gasteiger partial charge on any atom is 0.414 e. The van der Waals surface area contributed by atoms with Crippen LogP contribution in [0.15, 0.2) is 12.1 Å². The summed E-state index contributed by atoms with van der Waals surface area (Å²) in [5.41, 5.74) is 1.20. The van der Waals surface area contributed by atoms with Crippen molar-refractivity contribution in [3.63, 3.8) is 0 Å². The van der Waals surface area contributed by atoms with Crippen LogP contribution in [0.5, 0.6) is 11.5 Å². The number of benzene rings is 1. The number of rotatable bonds is 6. The highest BCUT2D eigenvalue weighted by Gasteiger charge is 2.49. The number of aliphatic hydroxyl groups is 1. The van der Waals surface area contributed by atoms with Gasteiger partial charge in [-0.05, 0) is 29.1 Å². The van der Waals surface area contributed by atoms with E-state index in [4.69, 9.17) is 9.16 Å². The molecule has 0 aromatic heterocycles. The third-order valence-electron chi connectivity index (χ3n) is 6.91. The third-order valence-corrected chi connectivity index (χ3v) is 12.9. The van der Waals surface area contributed by atoms with Crippen LogP contribution in [0.3, 0.4) is 0 Å². The monoisotopic (exact) mass is 450 g/mol. The first-order valence-electron chi connectivity index (χ1n) is 10.9. The Morgan fingerprint density at radius 2 is 1.68 bits per heavy atom. The van der Waals surface area contributed by atoms with Crippen molar-refractivity contribution in [1.82, 2.24) is 4.90 Å². The maximum atomic E-state index is 13.1. The predicted octanol–water partition coefficient (Wildman–Crippen LogP) is 4.28. The number of amides is 2. The Hall–Kier alpha value is -2.26. The van der Waals surface area contributed by atoms with Gasteiger partial charge in [0.25, 0.3) is 14.2 Å². The van der Waals surface area contributed by atoms with Gasteiger partial charge in [-0.1, -0.05) is 41.5 Å². The zero-order valence-corrected chi connectivity index (χ0v) is 20.4. The highest BCUT2D eigenvalue weighted by Crippen LogP contribution is 2.47. The third kappa shape index (κ3) is 3.57. The summed E-state index contributed by atoms with van der Waals surface area (Å²) in [6, 6.07) is 2.56. The average Bonchev–Trinajstić information content (AvgIpc) is 2.68. The van der Waals surface area contributed by atoms with Crippen LogP contribution < -0.4 is 14.1 Å². The summed E-state index contributed by atoms with van der Waals surface area (Å²) in [6.07, 6.45) is -2.10. The predicted molar refractivity (Wildman–Crippen MR) is 121 cm³/mol. The van der Waals surface area contributed by atoms with Crippen LogP contribution in [0.1, 0.15) is 58.3 Å². The Balaban J connectivity index is 2.21. The first-order valence-corrected chi connectivity index (χ1v) is 13.0. The molecule has 0 bridgehead atoms. The fourth-order valence-corrected chi connectivity index (χ4v) is 10.6. The number of methoxy groups -OCH3 is 1. The number of fused-ring (bicyclic) bond motifs is 2. The fourth-order valence-electron chi connectivity index (χ4n) is 5.36. The van der Waals surface area contributed by atoms with Gasteiger partial charge in [-0.25, -0.2) is 9.69 Å². The summed E-state index contributed by atoms with van der Waals surface area (Å²) < 4.78 is 12.4. The van der Waals surface area contributed by atoms with Gasteiger partial charge in [0, 0.05) is 12.6 Å². The van der Waals surface area contributed by atoms with E-state index in [0.717, 1.165) is 4.90 Å². The molecule has 1 aromatic rings. The lowest BCUT2D eigenvalue weighted by Crippen LogP contribution is -2.60. The highest BCUT2D eigenvalue weighted by atomic mass is 28.4. The summed E-state index contributed by atoms with van der Waals surface area (Å²) in [5.74, 6) is 0.503. The molecule has 31 heavy (non-hydrogen) atoms. The second kappa shape index (κ2) is 8.35. The molecular weight excluding hydrogens is 416 g/mol. The normalized spacial score (nSPS) is 21.1. The van der Waals surface area contributed by atoms with Gasteiger partial charge in [0.1, 0.15) is 5.75 Å². The summed E-state index contributed by atoms with van der Waals surface area (Å²) >= 11 is 0. The molecule has 1 fully saturated rings. The molecule has 2 N–H and O–H groups in total. The van der Waals surface area contributed by atoms with Crippen molar-refractivity contribution in [2.24, 2.45) is 0 Å². The van der Waals surface area contributed by atoms with Crippen molar-refractivity contribution < 1.29 is 29.0 Å². The Kier molecular flexibility index (Phi) is 6.30. The molecule has 2 aliphatic rings. The Morgan fingerprint density at radius 3 is 2.10 bits per heavy atom. The Labute approximate surface area is 184 Å². The standard InChI is InChI=1S/C22H34N2O6Si/c1-12(2)31(13(3)4,14(5)6)30-19-11-17-15(10-18(19)29-7)20(25)23-9-8-16(23)21(26)24(17)22(27)28/h10-14,16,21,26H,8-9H2,1-7H3,(H,27,28)/t16-,21?/m0/s1. The van der Waals surface area contributed by atoms with E-state index < -0.39 is 26.7 Å². The van der Waals surface area contributed by atoms with Gasteiger partial charge in [0.05, 0.1) is 24.4 Å². The van der Waals surface area contributed by atoms with Crippen molar-refractivity contribution in [2.75, 3.05) is 18.6 Å². The number of hydrogen-bond acceptors (Lipinski definition) is 5. The largest absolute Gasteiger partial charge is 0.540 e. The van der Waals surface area contributed by atoms with E-state index in [0.29, 0.717) is 41.1 Å². The van der Waals surface area contributed by atoms with E-state index >= 15 is 0 Å². The molecule has 1 unspecified atom stereocenters. The molecule has 8 nitrogen and oxygen atoms in total. The quantitative estimate of drug-likeness (QED) is 0.628. The smallest absolute Gasteiger partial charge is 0.414 e. The topological polar surface area (TPSA) is 99.5 Å². The molecule has 9 heteroatoms. The van der Waals surface area contributed by atoms with E-state index in [1.807, 2.05) is 0 Å². The molecule has 2 atom stereocenters. The van der Waals surface area contributed by atoms with Crippen LogP contribution in [0.2, 0.25) is 16.6 Å². The molecule has 1 saturated heterocycles. The number of anilines is 1. The summed E-state index contributed by atoms with van der Waals surface area (Å²) in [4.78, 5) is 27.6. The van der Waals surface area contributed by atoms with Crippen LogP contribution >= 0.6 is 0 Å². The van der Waals surface area contributed by atoms with E-state index in [2.05, 4.69) is 41.5 Å². The number of aliphatic hydroxyl groups excluding tert-OH is 1. The Morgan fingerprint density at radius 1 is 1.10 bits per heavy atom. The molecule has 3 rings (SSSR count). The van der Waals surface area contributed by atoms with E-state index in [1.165, 1.54) is 12.0 Å². The lowest BCUT2D eigenvalue weighted by Gasteiger charge is -2.43. The molecular formula is C22H34N2O6Si. The molecule has 1 aromatic carbocycles. The van der Waals surface area contributed by atoms with Crippen molar-refractivity contribution in [2.45, 2.75) is 76.9 Å². The highest BCUT2D eigenvalue weighted by molar-refractivity contribution is 6.78. The number of carbonyl (C=O) groups excluding carboxylic acids is 1. The SMILES string of the molecule is COc1cc2c(cc1O[Si](C(C)C)(C(C)C)C(C)C)N(C(=O)O)C(O)[C@@H]1CCN1C2=O. The fraction of sp³-hybridized carbons (Fsp3) is 0.636. The van der Waals surface area contributed by atoms with Gasteiger partial charge < -0.3 is 24.3 Å². The van der Waals surface area contributed by atoms with E-state index in [9.17, 15) is 19.8 Å². The minimum absolute atomic E-state index is 0.134. The van der Waals surface area contributed by atoms with Gasteiger partial charge >= 0.3 is 6.09 Å². The molecule has 0 saturated carbocycles. The van der Waals surface area contributed by atoms with Crippen molar-refractivity contribution in [1.29, 1.82) is 0 Å². The number of ether oxygens (including phenoxy) is 1. The number of nitrogens with zero attached hydrogens (tertiary/aromatic N) is 2. The number of hydrogen-bond donors (Lipinski definition) is 2. The van der Waals surface area contributed by atoms with Gasteiger partial charge in [0.2, 0.25) is 0 Å². The van der Waals surface area contributed by atoms with Crippen molar-refractivity contribution in [3.8, 4) is 11.5 Å². The summed E-state index contributed by atoms with van der Waals surface area (Å²) in [6.45, 7) is 13.4. The van der Waals surface area contributed by atoms with Crippen LogP contribution in [-0.2, 0) is 0 Å². The average molecular weight is 451 g/mol. The minimum atomic E-state index is -2.38. The van der Waals surface area contributed by atoms with Crippen LogP contribution in [-0.4, -0.2) is 61.4 Å². The zero-order valence-electron chi connectivity index (χ0n) is 19.4. The van der Waals surface area contributed by atoms with Gasteiger partial charge in [0.15, 0.2) is 12.0 Å². The van der Waals surface area contributed by atoms with Gasteiger partial charge in [-0.2, -0.15) is 0 Å². The van der Waals surface area contributed by atoms with Crippen LogP contribution in [0.25, 0.3) is 0 Å². The molecule has 0 aliphatic carbocycles. The second-order valence-electron chi connectivity index (χ2n) is 9.36. The summed E-state index contributed by atoms with van der Waals surface area (Å²) in [7, 11) is -0.866. The van der Waals surface area contributed by atoms with Crippen LogP contribution in [0, 0.1) is 0 Å². The zero-order chi connectivity index (χ0) is 23.2. The molecule has 2 heterocycles.